The molecule has 12 heavy (non-hydrogen) atoms. The van der Waals surface area contributed by atoms with Crippen molar-refractivity contribution in [3.63, 3.8) is 0 Å². The second-order valence-electron chi connectivity index (χ2n) is 2.61. The maximum Gasteiger partial charge on any atom is 0.0962 e. The van der Waals surface area contributed by atoms with Crippen LogP contribution in [0.3, 0.4) is 0 Å². The van der Waals surface area contributed by atoms with Gasteiger partial charge in [-0.3, -0.25) is 5.21 Å². The number of nitroso groups, excluding NO2 is 1. The lowest BCUT2D eigenvalue weighted by atomic mass is 10.3. The normalized spacial score (nSPS) is 9.83. The molecule has 6 nitrogen and oxygen atoms in total. The largest absolute Gasteiger partial charge is 0.344 e. The highest BCUT2D eigenvalue weighted by molar-refractivity contribution is 4.53. The summed E-state index contributed by atoms with van der Waals surface area (Å²) >= 11 is 0. The molecule has 0 saturated carbocycles. The van der Waals surface area contributed by atoms with Gasteiger partial charge in [-0.1, -0.05) is 12.2 Å². The van der Waals surface area contributed by atoms with Gasteiger partial charge in [0.2, 0.25) is 0 Å². The molecule has 0 aliphatic heterocycles. The second-order valence-corrected chi connectivity index (χ2v) is 2.61. The van der Waals surface area contributed by atoms with Crippen molar-refractivity contribution in [2.75, 3.05) is 6.54 Å². The number of hydrogen-bond acceptors (Lipinski definition) is 5. The van der Waals surface area contributed by atoms with E-state index in [1.165, 1.54) is 5.01 Å². The van der Waals surface area contributed by atoms with Gasteiger partial charge in [-0.2, -0.15) is 5.01 Å². The molecule has 0 unspecified atom stereocenters. The lowest BCUT2D eigenvalue weighted by Gasteiger charge is -2.27. The quantitative estimate of drug-likeness (QED) is 0.492. The fraction of sp³-hybridized carbons (Fsp3) is 1.00. The molecule has 0 bridgehead atoms. The Bertz CT molecular complexity index is 120. The average molecular weight is 178 g/mol. The van der Waals surface area contributed by atoms with E-state index in [9.17, 15) is 4.91 Å². The Labute approximate surface area is 72.6 Å². The predicted molar refractivity (Wildman–Crippen MR) is 46.6 cm³/mol. The molecule has 0 aliphatic rings. The summed E-state index contributed by atoms with van der Waals surface area (Å²) in [6, 6.07) is 0.0812. The van der Waals surface area contributed by atoms with Crippen LogP contribution in [0.5, 0.6) is 0 Å². The molecular formula is C6H18N4O2. The van der Waals surface area contributed by atoms with E-state index in [0.29, 0.717) is 11.8 Å². The van der Waals surface area contributed by atoms with Crippen molar-refractivity contribution in [2.24, 2.45) is 5.29 Å². The Morgan fingerprint density at radius 3 is 2.25 bits per heavy atom. The summed E-state index contributed by atoms with van der Waals surface area (Å²) < 4.78 is 0. The van der Waals surface area contributed by atoms with Gasteiger partial charge >= 0.3 is 0 Å². The molecule has 0 aromatic carbocycles. The number of rotatable bonds is 5. The Morgan fingerprint density at radius 1 is 1.50 bits per heavy atom. The minimum atomic E-state index is 0. The van der Waals surface area contributed by atoms with Gasteiger partial charge in [0.1, 0.15) is 0 Å². The first-order chi connectivity index (χ1) is 5.13. The topological polar surface area (TPSA) is 91.1 Å². The minimum absolute atomic E-state index is 0. The molecule has 0 aliphatic carbocycles. The van der Waals surface area contributed by atoms with E-state index in [4.69, 9.17) is 5.21 Å². The smallest absolute Gasteiger partial charge is 0.0962 e. The van der Waals surface area contributed by atoms with Crippen LogP contribution >= 0.6 is 0 Å². The van der Waals surface area contributed by atoms with Crippen molar-refractivity contribution in [3.8, 4) is 0 Å². The SMILES string of the molecule is CCCN(C(C)C)N(O)N=O.N. The molecule has 0 rings (SSSR count). The summed E-state index contributed by atoms with van der Waals surface area (Å²) in [5, 5.41) is 13.1. The third-order valence-electron chi connectivity index (χ3n) is 1.35. The molecule has 0 heterocycles. The third kappa shape index (κ3) is 4.22. The average Bonchev–Trinajstić information content (AvgIpc) is 1.98. The molecule has 74 valence electrons. The van der Waals surface area contributed by atoms with Gasteiger partial charge in [0.15, 0.2) is 0 Å². The first kappa shape index (κ1) is 13.8. The summed E-state index contributed by atoms with van der Waals surface area (Å²) in [5.74, 6) is 0. The van der Waals surface area contributed by atoms with Crippen LogP contribution in [0.15, 0.2) is 5.29 Å². The molecule has 0 aromatic rings. The van der Waals surface area contributed by atoms with Gasteiger partial charge in [0.25, 0.3) is 0 Å². The zero-order valence-corrected chi connectivity index (χ0v) is 7.90. The van der Waals surface area contributed by atoms with Crippen molar-refractivity contribution in [1.29, 1.82) is 0 Å². The van der Waals surface area contributed by atoms with Crippen LogP contribution in [-0.2, 0) is 0 Å². The van der Waals surface area contributed by atoms with Gasteiger partial charge in [0, 0.05) is 12.6 Å². The first-order valence-electron chi connectivity index (χ1n) is 3.72. The van der Waals surface area contributed by atoms with Crippen molar-refractivity contribution in [1.82, 2.24) is 16.4 Å². The van der Waals surface area contributed by atoms with Crippen molar-refractivity contribution >= 4 is 0 Å². The van der Waals surface area contributed by atoms with E-state index in [1.54, 1.807) is 0 Å². The van der Waals surface area contributed by atoms with Crippen LogP contribution in [0.25, 0.3) is 0 Å². The number of nitrogens with zero attached hydrogens (tertiary/aromatic N) is 3. The summed E-state index contributed by atoms with van der Waals surface area (Å²) in [5.41, 5.74) is 0. The molecule has 0 amide bonds. The molecule has 6 heteroatoms. The van der Waals surface area contributed by atoms with Crippen molar-refractivity contribution in [2.45, 2.75) is 33.2 Å². The van der Waals surface area contributed by atoms with E-state index in [1.807, 2.05) is 20.8 Å². The molecule has 0 spiro atoms. The molecule has 0 radical (unpaired) electrons. The first-order valence-corrected chi connectivity index (χ1v) is 3.72. The summed E-state index contributed by atoms with van der Waals surface area (Å²) in [7, 11) is 0. The zero-order chi connectivity index (χ0) is 8.85. The standard InChI is InChI=1S/C6H15N3O2.H3N/c1-4-5-8(6(2)3)9(11)7-10;/h6,11H,4-5H2,1-3H3;1H3. The highest BCUT2D eigenvalue weighted by atomic mass is 16.6. The maximum absolute atomic E-state index is 9.91. The van der Waals surface area contributed by atoms with E-state index < -0.39 is 0 Å². The molecular weight excluding hydrogens is 160 g/mol. The zero-order valence-electron chi connectivity index (χ0n) is 7.90. The fourth-order valence-corrected chi connectivity index (χ4v) is 0.830. The summed E-state index contributed by atoms with van der Waals surface area (Å²) in [4.78, 5) is 9.91. The molecule has 0 saturated heterocycles. The van der Waals surface area contributed by atoms with Crippen molar-refractivity contribution in [3.05, 3.63) is 4.91 Å². The monoisotopic (exact) mass is 178 g/mol. The lowest BCUT2D eigenvalue weighted by Crippen LogP contribution is -2.41. The van der Waals surface area contributed by atoms with E-state index in [-0.39, 0.29) is 12.2 Å². The van der Waals surface area contributed by atoms with Crippen LogP contribution in [-0.4, -0.2) is 28.1 Å². The fourth-order valence-electron chi connectivity index (χ4n) is 0.830. The Balaban J connectivity index is 0. The van der Waals surface area contributed by atoms with Crippen LogP contribution in [0, 0.1) is 4.91 Å². The predicted octanol–water partition coefficient (Wildman–Crippen LogP) is 1.56. The van der Waals surface area contributed by atoms with Gasteiger partial charge in [-0.05, 0) is 20.3 Å². The van der Waals surface area contributed by atoms with E-state index >= 15 is 0 Å². The van der Waals surface area contributed by atoms with Gasteiger partial charge in [-0.25, -0.2) is 0 Å². The second kappa shape index (κ2) is 6.96. The maximum atomic E-state index is 9.91. The van der Waals surface area contributed by atoms with E-state index in [2.05, 4.69) is 5.29 Å². The summed E-state index contributed by atoms with van der Waals surface area (Å²) in [6.45, 7) is 6.35. The molecule has 0 fully saturated rings. The molecule has 0 atom stereocenters. The lowest BCUT2D eigenvalue weighted by molar-refractivity contribution is -0.259. The Hall–Kier alpha value is -0.720. The molecule has 0 aromatic heterocycles. The number of hydrazine groups is 1. The highest BCUT2D eigenvalue weighted by Gasteiger charge is 2.14. The highest BCUT2D eigenvalue weighted by Crippen LogP contribution is 2.02. The summed E-state index contributed by atoms with van der Waals surface area (Å²) in [6.07, 6.45) is 0.866. The van der Waals surface area contributed by atoms with Crippen LogP contribution < -0.4 is 6.15 Å². The van der Waals surface area contributed by atoms with Crippen molar-refractivity contribution < 1.29 is 5.21 Å². The van der Waals surface area contributed by atoms with E-state index in [0.717, 1.165) is 6.42 Å². The van der Waals surface area contributed by atoms with Gasteiger partial charge < -0.3 is 6.15 Å². The minimum Gasteiger partial charge on any atom is -0.344 e. The van der Waals surface area contributed by atoms with Gasteiger partial charge in [-0.15, -0.1) is 4.91 Å². The van der Waals surface area contributed by atoms with Crippen LogP contribution in [0.2, 0.25) is 0 Å². The Morgan fingerprint density at radius 2 is 2.00 bits per heavy atom. The third-order valence-corrected chi connectivity index (χ3v) is 1.35. The van der Waals surface area contributed by atoms with Crippen LogP contribution in [0.1, 0.15) is 27.2 Å². The number of hydrogen-bond donors (Lipinski definition) is 2. The van der Waals surface area contributed by atoms with Crippen LogP contribution in [0.4, 0.5) is 0 Å². The Kier molecular flexibility index (Phi) is 8.03. The molecule has 4 N–H and O–H groups in total. The van der Waals surface area contributed by atoms with Gasteiger partial charge in [0.05, 0.1) is 5.29 Å².